The van der Waals surface area contributed by atoms with Gasteiger partial charge in [-0.05, 0) is 48.9 Å². The van der Waals surface area contributed by atoms with E-state index in [1.807, 2.05) is 43.3 Å². The predicted molar refractivity (Wildman–Crippen MR) is 101 cm³/mol. The van der Waals surface area contributed by atoms with E-state index >= 15 is 0 Å². The van der Waals surface area contributed by atoms with E-state index in [9.17, 15) is 9.18 Å². The lowest BCUT2D eigenvalue weighted by Gasteiger charge is -2.06. The summed E-state index contributed by atoms with van der Waals surface area (Å²) in [5.41, 5.74) is 4.22. The molecule has 0 bridgehead atoms. The second-order valence-corrected chi connectivity index (χ2v) is 6.09. The summed E-state index contributed by atoms with van der Waals surface area (Å²) >= 11 is 0. The maximum absolute atomic E-state index is 14.0. The summed E-state index contributed by atoms with van der Waals surface area (Å²) in [6.45, 7) is 1.87. The third kappa shape index (κ3) is 2.95. The van der Waals surface area contributed by atoms with Crippen LogP contribution in [-0.4, -0.2) is 15.9 Å². The Morgan fingerprint density at radius 3 is 2.73 bits per heavy atom. The van der Waals surface area contributed by atoms with Gasteiger partial charge in [0.1, 0.15) is 11.5 Å². The van der Waals surface area contributed by atoms with Gasteiger partial charge in [0.2, 0.25) is 0 Å². The van der Waals surface area contributed by atoms with Crippen LogP contribution in [0, 0.1) is 12.7 Å². The number of carbonyl (C=O) groups is 1. The molecule has 0 atom stereocenters. The van der Waals surface area contributed by atoms with Gasteiger partial charge in [-0.3, -0.25) is 9.78 Å². The topological polar surface area (TPSA) is 57.8 Å². The van der Waals surface area contributed by atoms with Crippen molar-refractivity contribution in [1.82, 2.24) is 9.97 Å². The molecule has 2 N–H and O–H groups in total. The number of H-pyrrole nitrogens is 1. The minimum Gasteiger partial charge on any atom is -0.350 e. The Morgan fingerprint density at radius 1 is 1.08 bits per heavy atom. The van der Waals surface area contributed by atoms with Crippen LogP contribution in [0.25, 0.3) is 22.2 Å². The molecular formula is C21H16FN3O. The van der Waals surface area contributed by atoms with Crippen molar-refractivity contribution >= 4 is 22.5 Å². The van der Waals surface area contributed by atoms with Crippen molar-refractivity contribution in [3.63, 3.8) is 0 Å². The summed E-state index contributed by atoms with van der Waals surface area (Å²) in [6, 6.07) is 17.7. The number of hydrogen-bond donors (Lipinski definition) is 2. The average Bonchev–Trinajstić information content (AvgIpc) is 3.13. The molecule has 2 aromatic carbocycles. The molecule has 0 saturated carbocycles. The molecule has 2 aromatic heterocycles. The van der Waals surface area contributed by atoms with Crippen LogP contribution in [-0.2, 0) is 0 Å². The van der Waals surface area contributed by atoms with E-state index in [0.717, 1.165) is 16.8 Å². The number of nitrogens with one attached hydrogen (secondary N) is 2. The number of pyridine rings is 1. The van der Waals surface area contributed by atoms with Gasteiger partial charge in [0.25, 0.3) is 5.91 Å². The molecule has 0 aliphatic rings. The van der Waals surface area contributed by atoms with Crippen LogP contribution in [0.15, 0.2) is 66.9 Å². The van der Waals surface area contributed by atoms with E-state index in [0.29, 0.717) is 22.3 Å². The molecule has 4 aromatic rings. The van der Waals surface area contributed by atoms with Crippen molar-refractivity contribution in [2.45, 2.75) is 6.92 Å². The van der Waals surface area contributed by atoms with Gasteiger partial charge in [-0.1, -0.05) is 24.3 Å². The summed E-state index contributed by atoms with van der Waals surface area (Å²) in [6.07, 6.45) is 1.72. The molecular weight excluding hydrogens is 329 g/mol. The molecule has 0 fully saturated rings. The van der Waals surface area contributed by atoms with Crippen LogP contribution in [0.5, 0.6) is 0 Å². The molecule has 0 spiro atoms. The van der Waals surface area contributed by atoms with E-state index in [1.54, 1.807) is 18.3 Å². The van der Waals surface area contributed by atoms with Gasteiger partial charge >= 0.3 is 0 Å². The first-order valence-electron chi connectivity index (χ1n) is 8.22. The number of nitrogens with zero attached hydrogens (tertiary/aromatic N) is 1. The first-order chi connectivity index (χ1) is 12.6. The largest absolute Gasteiger partial charge is 0.350 e. The molecule has 26 heavy (non-hydrogen) atoms. The highest BCUT2D eigenvalue weighted by Gasteiger charge is 2.14. The SMILES string of the molecule is Cc1ccc(F)c2cc(C(=O)Nc3cccc(-c4ccccn4)c3)[nH]c12. The van der Waals surface area contributed by atoms with E-state index in [-0.39, 0.29) is 11.7 Å². The molecule has 5 heteroatoms. The second kappa shape index (κ2) is 6.44. The molecule has 4 rings (SSSR count). The number of anilines is 1. The Bertz CT molecular complexity index is 1060. The standard InChI is InChI=1S/C21H16FN3O/c1-13-8-9-17(22)16-12-19(25-20(13)16)21(26)24-15-6-4-5-14(11-15)18-7-2-3-10-23-18/h2-12,25H,1H3,(H,24,26). The third-order valence-corrected chi connectivity index (χ3v) is 4.27. The second-order valence-electron chi connectivity index (χ2n) is 6.09. The first kappa shape index (κ1) is 16.0. The highest BCUT2D eigenvalue weighted by Crippen LogP contribution is 2.24. The minimum absolute atomic E-state index is 0.316. The average molecular weight is 345 g/mol. The number of benzene rings is 2. The summed E-state index contributed by atoms with van der Waals surface area (Å²) in [5.74, 6) is -0.670. The Balaban J connectivity index is 1.63. The Hall–Kier alpha value is -3.47. The number of aromatic nitrogens is 2. The van der Waals surface area contributed by atoms with E-state index in [2.05, 4.69) is 15.3 Å². The number of rotatable bonds is 3. The Kier molecular flexibility index (Phi) is 3.97. The number of aryl methyl sites for hydroxylation is 1. The summed E-state index contributed by atoms with van der Waals surface area (Å²) in [4.78, 5) is 19.9. The molecule has 4 nitrogen and oxygen atoms in total. The smallest absolute Gasteiger partial charge is 0.272 e. The van der Waals surface area contributed by atoms with Crippen LogP contribution in [0.3, 0.4) is 0 Å². The number of carbonyl (C=O) groups excluding carboxylic acids is 1. The van der Waals surface area contributed by atoms with E-state index < -0.39 is 0 Å². The van der Waals surface area contributed by atoms with Gasteiger partial charge in [0, 0.05) is 22.8 Å². The minimum atomic E-state index is -0.349. The molecule has 0 aliphatic heterocycles. The predicted octanol–water partition coefficient (Wildman–Crippen LogP) is 4.93. The molecule has 0 unspecified atom stereocenters. The van der Waals surface area contributed by atoms with Gasteiger partial charge < -0.3 is 10.3 Å². The van der Waals surface area contributed by atoms with E-state index in [4.69, 9.17) is 0 Å². The molecule has 2 heterocycles. The monoisotopic (exact) mass is 345 g/mol. The van der Waals surface area contributed by atoms with Gasteiger partial charge in [0.15, 0.2) is 0 Å². The fourth-order valence-electron chi connectivity index (χ4n) is 2.94. The number of aromatic amines is 1. The zero-order chi connectivity index (χ0) is 18.1. The highest BCUT2D eigenvalue weighted by atomic mass is 19.1. The quantitative estimate of drug-likeness (QED) is 0.553. The van der Waals surface area contributed by atoms with Crippen LogP contribution >= 0.6 is 0 Å². The number of fused-ring (bicyclic) bond motifs is 1. The van der Waals surface area contributed by atoms with Crippen molar-refractivity contribution in [2.24, 2.45) is 0 Å². The summed E-state index contributed by atoms with van der Waals surface area (Å²) < 4.78 is 14.0. The van der Waals surface area contributed by atoms with Crippen molar-refractivity contribution in [3.8, 4) is 11.3 Å². The van der Waals surface area contributed by atoms with Crippen molar-refractivity contribution in [3.05, 3.63) is 83.9 Å². The summed E-state index contributed by atoms with van der Waals surface area (Å²) in [5, 5.41) is 3.26. The molecule has 128 valence electrons. The zero-order valence-corrected chi connectivity index (χ0v) is 14.1. The lowest BCUT2D eigenvalue weighted by Crippen LogP contribution is -2.12. The summed E-state index contributed by atoms with van der Waals surface area (Å²) in [7, 11) is 0. The fraction of sp³-hybridized carbons (Fsp3) is 0.0476. The van der Waals surface area contributed by atoms with Crippen molar-refractivity contribution in [1.29, 1.82) is 0 Å². The molecule has 0 aliphatic carbocycles. The van der Waals surface area contributed by atoms with Crippen LogP contribution < -0.4 is 5.32 Å². The van der Waals surface area contributed by atoms with Crippen LogP contribution in [0.1, 0.15) is 16.1 Å². The normalized spacial score (nSPS) is 10.8. The Morgan fingerprint density at radius 2 is 1.96 bits per heavy atom. The van der Waals surface area contributed by atoms with Crippen LogP contribution in [0.2, 0.25) is 0 Å². The molecule has 0 saturated heterocycles. The van der Waals surface area contributed by atoms with Gasteiger partial charge in [-0.2, -0.15) is 0 Å². The van der Waals surface area contributed by atoms with Gasteiger partial charge in [-0.15, -0.1) is 0 Å². The molecule has 0 radical (unpaired) electrons. The van der Waals surface area contributed by atoms with Crippen LogP contribution in [0.4, 0.5) is 10.1 Å². The first-order valence-corrected chi connectivity index (χ1v) is 8.22. The highest BCUT2D eigenvalue weighted by molar-refractivity contribution is 6.06. The maximum Gasteiger partial charge on any atom is 0.272 e. The fourth-order valence-corrected chi connectivity index (χ4v) is 2.94. The Labute approximate surface area is 149 Å². The van der Waals surface area contributed by atoms with Gasteiger partial charge in [-0.25, -0.2) is 4.39 Å². The number of halogens is 1. The van der Waals surface area contributed by atoms with Gasteiger partial charge in [0.05, 0.1) is 11.2 Å². The van der Waals surface area contributed by atoms with E-state index in [1.165, 1.54) is 12.1 Å². The maximum atomic E-state index is 14.0. The zero-order valence-electron chi connectivity index (χ0n) is 14.1. The van der Waals surface area contributed by atoms with Crippen molar-refractivity contribution < 1.29 is 9.18 Å². The lowest BCUT2D eigenvalue weighted by molar-refractivity contribution is 0.102. The lowest BCUT2D eigenvalue weighted by atomic mass is 10.1. The number of amides is 1. The van der Waals surface area contributed by atoms with Crippen molar-refractivity contribution in [2.75, 3.05) is 5.32 Å². The third-order valence-electron chi connectivity index (χ3n) is 4.27. The number of hydrogen-bond acceptors (Lipinski definition) is 2. The molecule has 1 amide bonds.